The molecule has 1 fully saturated rings. The summed E-state index contributed by atoms with van der Waals surface area (Å²) in [6, 6.07) is 3.96. The molecule has 1 aliphatic rings. The van der Waals surface area contributed by atoms with Gasteiger partial charge in [-0.2, -0.15) is 4.31 Å². The molecule has 0 aliphatic carbocycles. The third-order valence-corrected chi connectivity index (χ3v) is 7.57. The summed E-state index contributed by atoms with van der Waals surface area (Å²) in [4.78, 5) is 11.2. The molecular formula is C16H22N6O4S2. The quantitative estimate of drug-likeness (QED) is 0.510. The molecule has 3 rings (SSSR count). The molecule has 0 atom stereocenters. The Hall–Kier alpha value is -2.05. The Morgan fingerprint density at radius 3 is 2.57 bits per heavy atom. The van der Waals surface area contributed by atoms with Crippen LogP contribution in [0.1, 0.15) is 39.7 Å². The fourth-order valence-electron chi connectivity index (χ4n) is 2.94. The number of nitro groups is 1. The van der Waals surface area contributed by atoms with Crippen LogP contribution in [0.5, 0.6) is 0 Å². The first-order valence-corrected chi connectivity index (χ1v) is 11.2. The minimum atomic E-state index is -3.77. The van der Waals surface area contributed by atoms with Gasteiger partial charge in [0.15, 0.2) is 0 Å². The lowest BCUT2D eigenvalue weighted by Crippen LogP contribution is -2.37. The van der Waals surface area contributed by atoms with Crippen molar-refractivity contribution >= 4 is 27.5 Å². The largest absolute Gasteiger partial charge is 0.284 e. The van der Waals surface area contributed by atoms with Gasteiger partial charge in [0.05, 0.1) is 20.8 Å². The monoisotopic (exact) mass is 426 g/mol. The number of tetrazole rings is 1. The van der Waals surface area contributed by atoms with Crippen LogP contribution in [0, 0.1) is 16.0 Å². The van der Waals surface area contributed by atoms with E-state index < -0.39 is 14.9 Å². The normalized spacial score (nSPS) is 16.6. The number of benzene rings is 1. The Balaban J connectivity index is 1.93. The van der Waals surface area contributed by atoms with Gasteiger partial charge in [-0.05, 0) is 66.9 Å². The molecular weight excluding hydrogens is 404 g/mol. The van der Waals surface area contributed by atoms with E-state index >= 15 is 0 Å². The lowest BCUT2D eigenvalue weighted by Gasteiger charge is -2.29. The SMILES string of the molecule is CC1CCN(S(=O)(=O)c2ccc(Sc3nnnn3C(C)C)c([N+](=O)[O-])c2)CC1. The minimum absolute atomic E-state index is 0.0160. The molecule has 2 aromatic rings. The van der Waals surface area contributed by atoms with Crippen LogP contribution >= 0.6 is 11.8 Å². The zero-order chi connectivity index (χ0) is 20.5. The third-order valence-electron chi connectivity index (χ3n) is 4.66. The Morgan fingerprint density at radius 1 is 1.29 bits per heavy atom. The number of hydrogen-bond acceptors (Lipinski definition) is 8. The Labute approximate surface area is 167 Å². The third kappa shape index (κ3) is 4.18. The van der Waals surface area contributed by atoms with Crippen molar-refractivity contribution in [3.05, 3.63) is 28.3 Å². The van der Waals surface area contributed by atoms with Gasteiger partial charge in [0.1, 0.15) is 0 Å². The molecule has 28 heavy (non-hydrogen) atoms. The topological polar surface area (TPSA) is 124 Å². The molecule has 0 N–H and O–H groups in total. The van der Waals surface area contributed by atoms with E-state index in [0.717, 1.165) is 30.7 Å². The maximum atomic E-state index is 12.9. The highest BCUT2D eigenvalue weighted by Crippen LogP contribution is 2.36. The molecule has 10 nitrogen and oxygen atoms in total. The second-order valence-electron chi connectivity index (χ2n) is 7.08. The molecule has 0 unspecified atom stereocenters. The first-order valence-electron chi connectivity index (χ1n) is 8.94. The lowest BCUT2D eigenvalue weighted by atomic mass is 10.0. The fourth-order valence-corrected chi connectivity index (χ4v) is 5.42. The van der Waals surface area contributed by atoms with Gasteiger partial charge in [-0.15, -0.1) is 5.10 Å². The summed E-state index contributed by atoms with van der Waals surface area (Å²) in [5.74, 6) is 0.478. The average Bonchev–Trinajstić information content (AvgIpc) is 3.10. The number of aromatic nitrogens is 4. The van der Waals surface area contributed by atoms with E-state index in [-0.39, 0.29) is 21.5 Å². The summed E-state index contributed by atoms with van der Waals surface area (Å²) in [6.07, 6.45) is 1.57. The predicted octanol–water partition coefficient (Wildman–Crippen LogP) is 2.73. The van der Waals surface area contributed by atoms with E-state index in [1.165, 1.54) is 16.4 Å². The summed E-state index contributed by atoms with van der Waals surface area (Å²) in [7, 11) is -3.77. The van der Waals surface area contributed by atoms with E-state index in [1.54, 1.807) is 4.68 Å². The van der Waals surface area contributed by atoms with Crippen molar-refractivity contribution < 1.29 is 13.3 Å². The maximum Gasteiger partial charge on any atom is 0.284 e. The Kier molecular flexibility index (Phi) is 6.01. The summed E-state index contributed by atoms with van der Waals surface area (Å²) in [5.41, 5.74) is -0.283. The van der Waals surface area contributed by atoms with E-state index in [1.807, 2.05) is 13.8 Å². The van der Waals surface area contributed by atoms with Crippen molar-refractivity contribution in [1.82, 2.24) is 24.5 Å². The van der Waals surface area contributed by atoms with Crippen LogP contribution in [0.2, 0.25) is 0 Å². The van der Waals surface area contributed by atoms with E-state index in [4.69, 9.17) is 0 Å². The maximum absolute atomic E-state index is 12.9. The summed E-state index contributed by atoms with van der Waals surface area (Å²) in [6.45, 7) is 6.73. The van der Waals surface area contributed by atoms with Crippen molar-refractivity contribution in [3.63, 3.8) is 0 Å². The van der Waals surface area contributed by atoms with Crippen LogP contribution in [-0.4, -0.2) is 50.9 Å². The van der Waals surface area contributed by atoms with Crippen molar-refractivity contribution in [3.8, 4) is 0 Å². The zero-order valence-corrected chi connectivity index (χ0v) is 17.5. The molecule has 0 amide bonds. The first kappa shape index (κ1) is 20.7. The van der Waals surface area contributed by atoms with Gasteiger partial charge in [0.2, 0.25) is 15.2 Å². The van der Waals surface area contributed by atoms with Gasteiger partial charge in [-0.3, -0.25) is 10.1 Å². The van der Waals surface area contributed by atoms with Crippen LogP contribution in [-0.2, 0) is 10.0 Å². The first-order chi connectivity index (χ1) is 13.2. The molecule has 12 heteroatoms. The van der Waals surface area contributed by atoms with Crippen molar-refractivity contribution in [1.29, 1.82) is 0 Å². The molecule has 2 heterocycles. The number of nitro benzene ring substituents is 1. The molecule has 0 bridgehead atoms. The molecule has 0 spiro atoms. The standard InChI is InChI=1S/C16H22N6O4S2/c1-11(2)21-16(17-18-19-21)27-15-5-4-13(10-14(15)22(23)24)28(25,26)20-8-6-12(3)7-9-20/h4-5,10-12H,6-9H2,1-3H3. The minimum Gasteiger partial charge on any atom is -0.258 e. The summed E-state index contributed by atoms with van der Waals surface area (Å²) in [5, 5.41) is 23.4. The second kappa shape index (κ2) is 8.13. The number of sulfonamides is 1. The number of nitrogens with zero attached hydrogens (tertiary/aromatic N) is 6. The average molecular weight is 427 g/mol. The van der Waals surface area contributed by atoms with Gasteiger partial charge in [0.25, 0.3) is 5.69 Å². The van der Waals surface area contributed by atoms with Crippen molar-refractivity contribution in [2.75, 3.05) is 13.1 Å². The molecule has 0 radical (unpaired) electrons. The van der Waals surface area contributed by atoms with E-state index in [0.29, 0.717) is 24.2 Å². The highest BCUT2D eigenvalue weighted by molar-refractivity contribution is 7.99. The zero-order valence-electron chi connectivity index (χ0n) is 15.8. The lowest BCUT2D eigenvalue weighted by molar-refractivity contribution is -0.388. The Morgan fingerprint density at radius 2 is 1.96 bits per heavy atom. The highest BCUT2D eigenvalue weighted by atomic mass is 32.2. The Bertz CT molecular complexity index is 967. The molecule has 1 saturated heterocycles. The van der Waals surface area contributed by atoms with Crippen LogP contribution in [0.3, 0.4) is 0 Å². The highest BCUT2D eigenvalue weighted by Gasteiger charge is 2.30. The number of piperidine rings is 1. The van der Waals surface area contributed by atoms with Gasteiger partial charge in [-0.1, -0.05) is 6.92 Å². The predicted molar refractivity (Wildman–Crippen MR) is 103 cm³/mol. The van der Waals surface area contributed by atoms with Crippen LogP contribution in [0.4, 0.5) is 5.69 Å². The molecule has 0 saturated carbocycles. The molecule has 1 aromatic carbocycles. The number of rotatable bonds is 6. The van der Waals surface area contributed by atoms with Crippen molar-refractivity contribution in [2.24, 2.45) is 5.92 Å². The molecule has 1 aromatic heterocycles. The smallest absolute Gasteiger partial charge is 0.258 e. The fraction of sp³-hybridized carbons (Fsp3) is 0.562. The van der Waals surface area contributed by atoms with Gasteiger partial charge in [-0.25, -0.2) is 13.1 Å². The molecule has 1 aliphatic heterocycles. The van der Waals surface area contributed by atoms with Crippen LogP contribution < -0.4 is 0 Å². The van der Waals surface area contributed by atoms with Crippen molar-refractivity contribution in [2.45, 2.75) is 54.6 Å². The van der Waals surface area contributed by atoms with E-state index in [9.17, 15) is 18.5 Å². The van der Waals surface area contributed by atoms with E-state index in [2.05, 4.69) is 22.4 Å². The van der Waals surface area contributed by atoms with Gasteiger partial charge in [0, 0.05) is 19.2 Å². The van der Waals surface area contributed by atoms with Gasteiger partial charge < -0.3 is 0 Å². The summed E-state index contributed by atoms with van der Waals surface area (Å²) >= 11 is 1.04. The summed E-state index contributed by atoms with van der Waals surface area (Å²) < 4.78 is 28.8. The second-order valence-corrected chi connectivity index (χ2v) is 10.0. The van der Waals surface area contributed by atoms with Gasteiger partial charge >= 0.3 is 0 Å². The molecule has 152 valence electrons. The number of hydrogen-bond donors (Lipinski definition) is 0. The van der Waals surface area contributed by atoms with Crippen LogP contribution in [0.15, 0.2) is 33.1 Å². The van der Waals surface area contributed by atoms with Crippen LogP contribution in [0.25, 0.3) is 0 Å².